The van der Waals surface area contributed by atoms with Gasteiger partial charge < -0.3 is 9.47 Å². The van der Waals surface area contributed by atoms with Crippen molar-refractivity contribution in [3.63, 3.8) is 0 Å². The molecule has 2 aliphatic rings. The van der Waals surface area contributed by atoms with Gasteiger partial charge in [-0.05, 0) is 116 Å². The molecule has 0 amide bonds. The average Bonchev–Trinajstić information content (AvgIpc) is 3.96. The van der Waals surface area contributed by atoms with Crippen molar-refractivity contribution in [2.75, 3.05) is 4.90 Å². The molecule has 0 bridgehead atoms. The van der Waals surface area contributed by atoms with Crippen molar-refractivity contribution in [1.29, 1.82) is 0 Å². The molecule has 2 heteroatoms. The van der Waals surface area contributed by atoms with Crippen LogP contribution in [0.1, 0.15) is 47.2 Å². The summed E-state index contributed by atoms with van der Waals surface area (Å²) in [5.41, 5.74) is 21.6. The van der Waals surface area contributed by atoms with E-state index in [0.717, 1.165) is 22.7 Å². The molecule has 0 saturated heterocycles. The molecule has 0 saturated carbocycles. The highest BCUT2D eigenvalue weighted by atomic mass is 15.1. The molecule has 66 heavy (non-hydrogen) atoms. The molecule has 312 valence electrons. The Morgan fingerprint density at radius 1 is 0.348 bits per heavy atom. The minimum Gasteiger partial charge on any atom is -0.310 e. The summed E-state index contributed by atoms with van der Waals surface area (Å²) in [5.74, 6) is 0. The van der Waals surface area contributed by atoms with E-state index >= 15 is 0 Å². The molecule has 0 atom stereocenters. The van der Waals surface area contributed by atoms with Crippen molar-refractivity contribution in [2.45, 2.75) is 24.7 Å². The summed E-state index contributed by atoms with van der Waals surface area (Å²) < 4.78 is 2.40. The molecule has 13 rings (SSSR count). The third-order valence-corrected chi connectivity index (χ3v) is 14.7. The van der Waals surface area contributed by atoms with Crippen LogP contribution < -0.4 is 4.90 Å². The molecule has 1 heterocycles. The van der Waals surface area contributed by atoms with Gasteiger partial charge in [0.05, 0.1) is 22.1 Å². The Kier molecular flexibility index (Phi) is 8.51. The van der Waals surface area contributed by atoms with Gasteiger partial charge in [-0.15, -0.1) is 0 Å². The zero-order valence-corrected chi connectivity index (χ0v) is 37.0. The molecule has 0 radical (unpaired) electrons. The first-order chi connectivity index (χ1) is 32.5. The van der Waals surface area contributed by atoms with Crippen molar-refractivity contribution in [1.82, 2.24) is 4.57 Å². The van der Waals surface area contributed by atoms with Crippen LogP contribution in [-0.2, 0) is 10.8 Å². The highest BCUT2D eigenvalue weighted by Crippen LogP contribution is 2.58. The van der Waals surface area contributed by atoms with E-state index in [1.807, 2.05) is 0 Å². The molecular weight excluding hydrogens is 797 g/mol. The van der Waals surface area contributed by atoms with Gasteiger partial charge in [0.15, 0.2) is 0 Å². The van der Waals surface area contributed by atoms with Gasteiger partial charge in [-0.2, -0.15) is 0 Å². The number of anilines is 3. The summed E-state index contributed by atoms with van der Waals surface area (Å²) in [6, 6.07) is 90.1. The van der Waals surface area contributed by atoms with Gasteiger partial charge in [0.1, 0.15) is 0 Å². The number of rotatable bonds is 7. The second-order valence-corrected chi connectivity index (χ2v) is 18.4. The van der Waals surface area contributed by atoms with Crippen LogP contribution in [0.25, 0.3) is 60.9 Å². The smallest absolute Gasteiger partial charge is 0.0714 e. The van der Waals surface area contributed by atoms with E-state index in [2.05, 4.69) is 266 Å². The molecule has 1 aromatic heterocycles. The van der Waals surface area contributed by atoms with Gasteiger partial charge in [-0.1, -0.05) is 202 Å². The van der Waals surface area contributed by atoms with Gasteiger partial charge in [-0.25, -0.2) is 0 Å². The maximum Gasteiger partial charge on any atom is 0.0714 e. The van der Waals surface area contributed by atoms with Gasteiger partial charge >= 0.3 is 0 Å². The Morgan fingerprint density at radius 2 is 0.879 bits per heavy atom. The number of para-hydroxylation sites is 3. The monoisotopic (exact) mass is 842 g/mol. The van der Waals surface area contributed by atoms with Crippen molar-refractivity contribution in [3.05, 3.63) is 276 Å². The van der Waals surface area contributed by atoms with Crippen LogP contribution in [-0.4, -0.2) is 4.57 Å². The Morgan fingerprint density at radius 3 is 1.64 bits per heavy atom. The number of hydrogen-bond acceptors (Lipinski definition) is 1. The Bertz CT molecular complexity index is 3630. The first kappa shape index (κ1) is 38.3. The van der Waals surface area contributed by atoms with Crippen molar-refractivity contribution >= 4 is 38.9 Å². The molecule has 0 N–H and O–H groups in total. The van der Waals surface area contributed by atoms with Gasteiger partial charge in [0.25, 0.3) is 0 Å². The maximum atomic E-state index is 2.53. The first-order valence-electron chi connectivity index (χ1n) is 23.1. The largest absolute Gasteiger partial charge is 0.310 e. The number of benzene rings is 10. The minimum absolute atomic E-state index is 0.123. The molecule has 0 aliphatic heterocycles. The van der Waals surface area contributed by atoms with Crippen molar-refractivity contribution < 1.29 is 0 Å². The lowest BCUT2D eigenvalue weighted by Crippen LogP contribution is -2.28. The fourth-order valence-electron chi connectivity index (χ4n) is 11.8. The zero-order chi connectivity index (χ0) is 44.0. The van der Waals surface area contributed by atoms with E-state index in [4.69, 9.17) is 0 Å². The molecule has 2 nitrogen and oxygen atoms in total. The molecule has 0 unspecified atom stereocenters. The molecular formula is C64H46N2. The van der Waals surface area contributed by atoms with Crippen molar-refractivity contribution in [2.24, 2.45) is 0 Å². The van der Waals surface area contributed by atoms with E-state index in [-0.39, 0.29) is 5.41 Å². The van der Waals surface area contributed by atoms with Gasteiger partial charge in [0, 0.05) is 38.8 Å². The second-order valence-electron chi connectivity index (χ2n) is 18.4. The molecule has 10 aromatic carbocycles. The van der Waals surface area contributed by atoms with Crippen LogP contribution in [0.2, 0.25) is 0 Å². The Balaban J connectivity index is 1.11. The highest BCUT2D eigenvalue weighted by Gasteiger charge is 2.46. The number of fused-ring (bicyclic) bond motifs is 9. The second kappa shape index (κ2) is 14.7. The topological polar surface area (TPSA) is 8.17 Å². The van der Waals surface area contributed by atoms with Crippen molar-refractivity contribution in [3.8, 4) is 39.1 Å². The number of hydrogen-bond donors (Lipinski definition) is 0. The van der Waals surface area contributed by atoms with Crippen LogP contribution >= 0.6 is 0 Å². The molecule has 0 spiro atoms. The quantitative estimate of drug-likeness (QED) is 0.155. The predicted molar refractivity (Wildman–Crippen MR) is 276 cm³/mol. The normalized spacial score (nSPS) is 13.8. The van der Waals surface area contributed by atoms with Crippen LogP contribution in [0, 0.1) is 0 Å². The lowest BCUT2D eigenvalue weighted by Gasteiger charge is -2.35. The van der Waals surface area contributed by atoms with Crippen LogP contribution in [0.4, 0.5) is 17.1 Å². The minimum atomic E-state index is -0.543. The fraction of sp³-hybridized carbons (Fsp3) is 0.0625. The number of aromatic nitrogens is 1. The van der Waals surface area contributed by atoms with Crippen LogP contribution in [0.5, 0.6) is 0 Å². The summed E-state index contributed by atoms with van der Waals surface area (Å²) in [6.07, 6.45) is 0. The lowest BCUT2D eigenvalue weighted by molar-refractivity contribution is 0.660. The summed E-state index contributed by atoms with van der Waals surface area (Å²) >= 11 is 0. The predicted octanol–water partition coefficient (Wildman–Crippen LogP) is 16.6. The third-order valence-electron chi connectivity index (χ3n) is 14.7. The highest BCUT2D eigenvalue weighted by molar-refractivity contribution is 6.11. The lowest BCUT2D eigenvalue weighted by atomic mass is 9.67. The summed E-state index contributed by atoms with van der Waals surface area (Å²) in [6.45, 7) is 4.74. The Hall–Kier alpha value is -8.20. The van der Waals surface area contributed by atoms with E-state index in [0.29, 0.717) is 0 Å². The van der Waals surface area contributed by atoms with Gasteiger partial charge in [-0.3, -0.25) is 0 Å². The summed E-state index contributed by atoms with van der Waals surface area (Å²) in [4.78, 5) is 2.53. The first-order valence-corrected chi connectivity index (χ1v) is 23.1. The van der Waals surface area contributed by atoms with Crippen LogP contribution in [0.3, 0.4) is 0 Å². The van der Waals surface area contributed by atoms with E-state index < -0.39 is 5.41 Å². The zero-order valence-electron chi connectivity index (χ0n) is 37.0. The van der Waals surface area contributed by atoms with Gasteiger partial charge in [0.2, 0.25) is 0 Å². The standard InChI is InChI=1S/C64H46N2/c1-63(2)55-32-16-13-30-53(55)62-52(31-20-34-57(62)63)50-28-14-18-35-59(50)65(46-38-40-61-54(41-46)51-29-15-19-36-60(51)66(61)45-25-10-5-11-26-45)47-37-39-49-48-27-12-17-33-56(48)64(58(49)42-47,43-21-6-3-7-22-43)44-23-8-4-9-24-44/h3-42H,1-2H3. The molecule has 2 aliphatic carbocycles. The van der Waals surface area contributed by atoms with E-state index in [1.165, 1.54) is 88.6 Å². The van der Waals surface area contributed by atoms with E-state index in [9.17, 15) is 0 Å². The van der Waals surface area contributed by atoms with E-state index in [1.54, 1.807) is 0 Å². The molecule has 11 aromatic rings. The third kappa shape index (κ3) is 5.42. The van der Waals surface area contributed by atoms with Crippen LogP contribution in [0.15, 0.2) is 243 Å². The number of nitrogens with zero attached hydrogens (tertiary/aromatic N) is 2. The summed E-state index contributed by atoms with van der Waals surface area (Å²) in [5, 5.41) is 2.44. The molecule has 0 fully saturated rings. The average molecular weight is 843 g/mol. The Labute approximate surface area is 386 Å². The summed E-state index contributed by atoms with van der Waals surface area (Å²) in [7, 11) is 0. The fourth-order valence-corrected chi connectivity index (χ4v) is 11.8. The SMILES string of the molecule is CC1(C)c2ccccc2-c2c(-c3ccccc3N(c3ccc4c(c3)C(c3ccccc3)(c3ccccc3)c3ccccc3-4)c3ccc4c(c3)c3ccccc3n4-c3ccccc3)cccc21. The maximum absolute atomic E-state index is 2.53.